The number of nitrogens with one attached hydrogen (secondary N) is 1. The molecule has 1 rings (SSSR count). The van der Waals surface area contributed by atoms with E-state index in [1.807, 2.05) is 6.92 Å². The average Bonchev–Trinajstić information content (AvgIpc) is 2.69. The Morgan fingerprint density at radius 1 is 1.45 bits per heavy atom. The lowest BCUT2D eigenvalue weighted by Gasteiger charge is -2.09. The highest BCUT2D eigenvalue weighted by atomic mass is 16.6. The highest BCUT2D eigenvalue weighted by Crippen LogP contribution is 2.27. The fourth-order valence-corrected chi connectivity index (χ4v) is 1.86. The van der Waals surface area contributed by atoms with Crippen molar-refractivity contribution >= 4 is 11.5 Å². The zero-order valence-corrected chi connectivity index (χ0v) is 12.7. The molecule has 0 aliphatic heterocycles. The second-order valence-corrected chi connectivity index (χ2v) is 5.08. The van der Waals surface area contributed by atoms with Gasteiger partial charge in [-0.2, -0.15) is 5.10 Å². The quantitative estimate of drug-likeness (QED) is 0.428. The Morgan fingerprint density at radius 3 is 2.70 bits per heavy atom. The smallest absolute Gasteiger partial charge is 0.333 e. The Labute approximate surface area is 119 Å². The molecule has 7 nitrogen and oxygen atoms in total. The van der Waals surface area contributed by atoms with Crippen LogP contribution in [0.15, 0.2) is 0 Å². The molecule has 114 valence electrons. The van der Waals surface area contributed by atoms with E-state index in [0.717, 1.165) is 6.42 Å². The molecule has 0 amide bonds. The normalized spacial score (nSPS) is 11.1. The topological polar surface area (TPSA) is 82.2 Å². The van der Waals surface area contributed by atoms with Crippen molar-refractivity contribution in [1.29, 1.82) is 0 Å². The monoisotopic (exact) mass is 284 g/mol. The van der Waals surface area contributed by atoms with Crippen molar-refractivity contribution in [2.75, 3.05) is 25.1 Å². The van der Waals surface area contributed by atoms with Gasteiger partial charge in [0.15, 0.2) is 0 Å². The number of nitrogens with zero attached hydrogens (tertiary/aromatic N) is 3. The maximum Gasteiger partial charge on any atom is 0.333 e. The van der Waals surface area contributed by atoms with E-state index in [1.54, 1.807) is 11.6 Å². The van der Waals surface area contributed by atoms with Crippen LogP contribution in [0.25, 0.3) is 0 Å². The van der Waals surface area contributed by atoms with Crippen LogP contribution in [0.2, 0.25) is 0 Å². The van der Waals surface area contributed by atoms with E-state index in [2.05, 4.69) is 24.3 Å². The molecule has 0 aliphatic rings. The van der Waals surface area contributed by atoms with Crippen molar-refractivity contribution in [1.82, 2.24) is 9.78 Å². The first kappa shape index (κ1) is 16.4. The lowest BCUT2D eigenvalue weighted by Crippen LogP contribution is -2.14. The molecule has 0 fully saturated rings. The Balaban J connectivity index is 2.52. The second-order valence-electron chi connectivity index (χ2n) is 5.08. The molecule has 1 aromatic heterocycles. The molecule has 0 unspecified atom stereocenters. The van der Waals surface area contributed by atoms with Gasteiger partial charge < -0.3 is 10.1 Å². The summed E-state index contributed by atoms with van der Waals surface area (Å²) in [4.78, 5) is 10.7. The number of nitro groups is 1. The first-order chi connectivity index (χ1) is 9.47. The van der Waals surface area contributed by atoms with Gasteiger partial charge in [-0.05, 0) is 26.2 Å². The van der Waals surface area contributed by atoms with Gasteiger partial charge >= 0.3 is 5.69 Å². The predicted molar refractivity (Wildman–Crippen MR) is 78.1 cm³/mol. The molecule has 0 aromatic carbocycles. The van der Waals surface area contributed by atoms with Gasteiger partial charge in [0.2, 0.25) is 5.82 Å². The van der Waals surface area contributed by atoms with Gasteiger partial charge in [-0.25, -0.2) is 4.68 Å². The van der Waals surface area contributed by atoms with Crippen molar-refractivity contribution < 1.29 is 9.66 Å². The van der Waals surface area contributed by atoms with Gasteiger partial charge in [0.1, 0.15) is 5.69 Å². The summed E-state index contributed by atoms with van der Waals surface area (Å²) in [5, 5.41) is 18.3. The predicted octanol–water partition coefficient (Wildman–Crippen LogP) is 2.59. The van der Waals surface area contributed by atoms with Crippen LogP contribution in [0.1, 0.15) is 32.9 Å². The van der Waals surface area contributed by atoms with Crippen LogP contribution in [-0.4, -0.2) is 34.5 Å². The van der Waals surface area contributed by atoms with Gasteiger partial charge in [0.05, 0.1) is 11.5 Å². The molecule has 0 radical (unpaired) electrons. The lowest BCUT2D eigenvalue weighted by molar-refractivity contribution is -0.384. The molecule has 0 aliphatic carbocycles. The summed E-state index contributed by atoms with van der Waals surface area (Å²) in [6.45, 7) is 10.2. The third kappa shape index (κ3) is 4.48. The number of aryl methyl sites for hydroxylation is 2. The van der Waals surface area contributed by atoms with Crippen LogP contribution >= 0.6 is 0 Å². The number of aromatic nitrogens is 2. The number of hydrogen-bond donors (Lipinski definition) is 1. The first-order valence-electron chi connectivity index (χ1n) is 7.00. The second kappa shape index (κ2) is 7.84. The Kier molecular flexibility index (Phi) is 6.44. The van der Waals surface area contributed by atoms with Crippen molar-refractivity contribution in [2.24, 2.45) is 5.92 Å². The molecular weight excluding hydrogens is 260 g/mol. The molecule has 20 heavy (non-hydrogen) atoms. The zero-order chi connectivity index (χ0) is 15.1. The first-order valence-corrected chi connectivity index (χ1v) is 7.00. The molecule has 0 saturated carbocycles. The van der Waals surface area contributed by atoms with E-state index in [-0.39, 0.29) is 5.69 Å². The molecule has 7 heteroatoms. The number of ether oxygens (including phenoxy) is 1. The summed E-state index contributed by atoms with van der Waals surface area (Å²) in [5.74, 6) is 1.08. The summed E-state index contributed by atoms with van der Waals surface area (Å²) in [5.41, 5.74) is 0.481. The van der Waals surface area contributed by atoms with Crippen molar-refractivity contribution in [3.05, 3.63) is 15.8 Å². The molecular formula is C13H24N4O3. The van der Waals surface area contributed by atoms with E-state index in [0.29, 0.717) is 43.7 Å². The van der Waals surface area contributed by atoms with Crippen molar-refractivity contribution in [3.63, 3.8) is 0 Å². The molecule has 0 spiro atoms. The maximum atomic E-state index is 11.1. The van der Waals surface area contributed by atoms with Crippen LogP contribution in [0.3, 0.4) is 0 Å². The standard InChI is InChI=1S/C13H24N4O3/c1-5-16-13(12(17(18)19)11(4)15-16)14-7-9-20-8-6-10(2)3/h10,14H,5-9H2,1-4H3. The molecule has 0 atom stereocenters. The van der Waals surface area contributed by atoms with Gasteiger partial charge in [-0.3, -0.25) is 10.1 Å². The zero-order valence-electron chi connectivity index (χ0n) is 12.7. The van der Waals surface area contributed by atoms with Gasteiger partial charge in [0, 0.05) is 19.7 Å². The maximum absolute atomic E-state index is 11.1. The Morgan fingerprint density at radius 2 is 2.15 bits per heavy atom. The largest absolute Gasteiger partial charge is 0.380 e. The SMILES string of the molecule is CCn1nc(C)c([N+](=O)[O-])c1NCCOCCC(C)C. The molecule has 1 aromatic rings. The minimum absolute atomic E-state index is 0.0500. The Bertz CT molecular complexity index is 443. The summed E-state index contributed by atoms with van der Waals surface area (Å²) < 4.78 is 7.10. The van der Waals surface area contributed by atoms with Gasteiger partial charge in [-0.1, -0.05) is 13.8 Å². The highest BCUT2D eigenvalue weighted by Gasteiger charge is 2.24. The Hall–Kier alpha value is -1.63. The molecule has 1 heterocycles. The number of rotatable bonds is 9. The summed E-state index contributed by atoms with van der Waals surface area (Å²) in [7, 11) is 0. The third-order valence-corrected chi connectivity index (χ3v) is 2.96. The van der Waals surface area contributed by atoms with E-state index in [9.17, 15) is 10.1 Å². The number of anilines is 1. The highest BCUT2D eigenvalue weighted by molar-refractivity contribution is 5.59. The van der Waals surface area contributed by atoms with E-state index < -0.39 is 4.92 Å². The fourth-order valence-electron chi connectivity index (χ4n) is 1.86. The lowest BCUT2D eigenvalue weighted by atomic mass is 10.1. The minimum Gasteiger partial charge on any atom is -0.380 e. The molecule has 1 N–H and O–H groups in total. The van der Waals surface area contributed by atoms with Crippen molar-refractivity contribution in [2.45, 2.75) is 40.7 Å². The molecule has 0 bridgehead atoms. The fraction of sp³-hybridized carbons (Fsp3) is 0.769. The van der Waals surface area contributed by atoms with Crippen LogP contribution < -0.4 is 5.32 Å². The van der Waals surface area contributed by atoms with E-state index >= 15 is 0 Å². The molecule has 0 saturated heterocycles. The summed E-state index contributed by atoms with van der Waals surface area (Å²) in [6, 6.07) is 0. The van der Waals surface area contributed by atoms with Gasteiger partial charge in [0.25, 0.3) is 0 Å². The third-order valence-electron chi connectivity index (χ3n) is 2.96. The van der Waals surface area contributed by atoms with Gasteiger partial charge in [-0.15, -0.1) is 0 Å². The van der Waals surface area contributed by atoms with Crippen LogP contribution in [0.4, 0.5) is 11.5 Å². The average molecular weight is 284 g/mol. The summed E-state index contributed by atoms with van der Waals surface area (Å²) >= 11 is 0. The van der Waals surface area contributed by atoms with Crippen molar-refractivity contribution in [3.8, 4) is 0 Å². The minimum atomic E-state index is -0.392. The van der Waals surface area contributed by atoms with Crippen LogP contribution in [0.5, 0.6) is 0 Å². The number of hydrogen-bond acceptors (Lipinski definition) is 5. The summed E-state index contributed by atoms with van der Waals surface area (Å²) in [6.07, 6.45) is 1.02. The van der Waals surface area contributed by atoms with Crippen LogP contribution in [-0.2, 0) is 11.3 Å². The van der Waals surface area contributed by atoms with Crippen LogP contribution in [0, 0.1) is 23.0 Å². The van der Waals surface area contributed by atoms with E-state index in [4.69, 9.17) is 4.74 Å². The van der Waals surface area contributed by atoms with E-state index in [1.165, 1.54) is 0 Å².